The fourth-order valence-corrected chi connectivity index (χ4v) is 5.05. The lowest BCUT2D eigenvalue weighted by atomic mass is 10.2. The number of aromatic nitrogens is 2. The van der Waals surface area contributed by atoms with Gasteiger partial charge in [-0.1, -0.05) is 17.7 Å². The largest absolute Gasteiger partial charge is 0.376 e. The third kappa shape index (κ3) is 4.68. The first kappa shape index (κ1) is 20.1. The number of nitrogens with zero attached hydrogens (tertiary/aromatic N) is 4. The molecule has 9 heteroatoms. The van der Waals surface area contributed by atoms with Gasteiger partial charge in [0, 0.05) is 39.3 Å². The van der Waals surface area contributed by atoms with Crippen LogP contribution in [0.25, 0.3) is 0 Å². The Morgan fingerprint density at radius 3 is 2.45 bits per heavy atom. The summed E-state index contributed by atoms with van der Waals surface area (Å²) in [5.41, 5.74) is 1.04. The molecule has 0 spiro atoms. The number of hydrogen-bond donors (Lipinski definition) is 1. The van der Waals surface area contributed by atoms with E-state index in [0.717, 1.165) is 43.2 Å². The van der Waals surface area contributed by atoms with Gasteiger partial charge >= 0.3 is 0 Å². The number of piperazine rings is 1. The van der Waals surface area contributed by atoms with Crippen LogP contribution >= 0.6 is 0 Å². The Hall–Kier alpha value is -2.23. The fraction of sp³-hybridized carbons (Fsp3) is 0.500. The molecule has 2 aliphatic heterocycles. The minimum absolute atomic E-state index is 0.250. The Labute approximate surface area is 171 Å². The van der Waals surface area contributed by atoms with Crippen LogP contribution in [0, 0.1) is 6.92 Å². The van der Waals surface area contributed by atoms with Gasteiger partial charge in [0.15, 0.2) is 5.82 Å². The zero-order valence-corrected chi connectivity index (χ0v) is 17.4. The summed E-state index contributed by atoms with van der Waals surface area (Å²) < 4.78 is 32.8. The second-order valence-corrected chi connectivity index (χ2v) is 9.43. The number of nitrogens with one attached hydrogen (secondary N) is 1. The van der Waals surface area contributed by atoms with Crippen molar-refractivity contribution >= 4 is 21.7 Å². The Bertz CT molecular complexity index is 904. The molecule has 1 aromatic heterocycles. The summed E-state index contributed by atoms with van der Waals surface area (Å²) in [6.45, 7) is 5.55. The summed E-state index contributed by atoms with van der Waals surface area (Å²) in [7, 11) is -3.46. The van der Waals surface area contributed by atoms with Gasteiger partial charge in [0.2, 0.25) is 10.0 Å². The molecule has 2 fully saturated rings. The van der Waals surface area contributed by atoms with Crippen molar-refractivity contribution in [3.63, 3.8) is 0 Å². The first-order chi connectivity index (χ1) is 14.0. The summed E-state index contributed by atoms with van der Waals surface area (Å²) in [6.07, 6.45) is 2.44. The highest BCUT2D eigenvalue weighted by Gasteiger charge is 2.29. The highest BCUT2D eigenvalue weighted by atomic mass is 32.2. The van der Waals surface area contributed by atoms with Crippen LogP contribution in [-0.2, 0) is 14.8 Å². The second kappa shape index (κ2) is 8.64. The number of anilines is 2. The molecule has 29 heavy (non-hydrogen) atoms. The third-order valence-corrected chi connectivity index (χ3v) is 7.32. The van der Waals surface area contributed by atoms with Gasteiger partial charge in [-0.25, -0.2) is 8.42 Å². The van der Waals surface area contributed by atoms with Crippen molar-refractivity contribution in [1.82, 2.24) is 14.5 Å². The van der Waals surface area contributed by atoms with Crippen molar-refractivity contribution in [2.75, 3.05) is 49.5 Å². The molecule has 0 saturated carbocycles. The number of sulfonamides is 1. The molecule has 4 rings (SSSR count). The molecular formula is C20H27N5O3S. The predicted octanol–water partition coefficient (Wildman–Crippen LogP) is 1.89. The average molecular weight is 418 g/mol. The molecule has 2 saturated heterocycles. The maximum absolute atomic E-state index is 12.8. The van der Waals surface area contributed by atoms with Crippen molar-refractivity contribution < 1.29 is 13.2 Å². The zero-order chi connectivity index (χ0) is 20.3. The summed E-state index contributed by atoms with van der Waals surface area (Å²) in [5.74, 6) is 1.49. The van der Waals surface area contributed by atoms with Gasteiger partial charge in [0.05, 0.1) is 11.0 Å². The molecular weight excluding hydrogens is 390 g/mol. The van der Waals surface area contributed by atoms with Crippen molar-refractivity contribution in [3.05, 3.63) is 42.0 Å². The van der Waals surface area contributed by atoms with Gasteiger partial charge in [0.1, 0.15) is 5.82 Å². The highest BCUT2D eigenvalue weighted by Crippen LogP contribution is 2.21. The van der Waals surface area contributed by atoms with E-state index in [1.807, 2.05) is 31.2 Å². The summed E-state index contributed by atoms with van der Waals surface area (Å²) in [5, 5.41) is 11.8. The van der Waals surface area contributed by atoms with Crippen LogP contribution in [0.3, 0.4) is 0 Å². The third-order valence-electron chi connectivity index (χ3n) is 5.41. The van der Waals surface area contributed by atoms with Gasteiger partial charge in [-0.05, 0) is 44.0 Å². The van der Waals surface area contributed by atoms with Crippen LogP contribution in [0.15, 0.2) is 41.3 Å². The lowest BCUT2D eigenvalue weighted by Crippen LogP contribution is -2.49. The molecule has 8 nitrogen and oxygen atoms in total. The average Bonchev–Trinajstić information content (AvgIpc) is 3.27. The molecule has 1 unspecified atom stereocenters. The lowest BCUT2D eigenvalue weighted by Gasteiger charge is -2.34. The molecule has 0 bridgehead atoms. The van der Waals surface area contributed by atoms with Crippen molar-refractivity contribution in [2.24, 2.45) is 0 Å². The molecule has 1 N–H and O–H groups in total. The van der Waals surface area contributed by atoms with Crippen LogP contribution in [-0.4, -0.2) is 68.4 Å². The topological polar surface area (TPSA) is 87.7 Å². The van der Waals surface area contributed by atoms with Crippen LogP contribution in [0.5, 0.6) is 0 Å². The SMILES string of the molecule is Cc1ccc(S(=O)(=O)N2CCN(c3ccc(NCC4CCCO4)nn3)CC2)cc1. The van der Waals surface area contributed by atoms with Crippen molar-refractivity contribution in [3.8, 4) is 0 Å². The van der Waals surface area contributed by atoms with Crippen LogP contribution < -0.4 is 10.2 Å². The Balaban J connectivity index is 1.32. The zero-order valence-electron chi connectivity index (χ0n) is 16.6. The second-order valence-electron chi connectivity index (χ2n) is 7.50. The molecule has 1 atom stereocenters. The number of rotatable bonds is 6. The Morgan fingerprint density at radius 1 is 1.07 bits per heavy atom. The molecule has 1 aromatic carbocycles. The first-order valence-electron chi connectivity index (χ1n) is 10.0. The van der Waals surface area contributed by atoms with E-state index in [-0.39, 0.29) is 6.10 Å². The van der Waals surface area contributed by atoms with Crippen LogP contribution in [0.2, 0.25) is 0 Å². The predicted molar refractivity (Wildman–Crippen MR) is 112 cm³/mol. The van der Waals surface area contributed by atoms with E-state index in [2.05, 4.69) is 20.4 Å². The maximum Gasteiger partial charge on any atom is 0.243 e. The van der Waals surface area contributed by atoms with Gasteiger partial charge < -0.3 is 15.0 Å². The molecule has 0 aliphatic carbocycles. The summed E-state index contributed by atoms with van der Waals surface area (Å²) >= 11 is 0. The molecule has 3 heterocycles. The van der Waals surface area contributed by atoms with E-state index in [9.17, 15) is 8.42 Å². The van der Waals surface area contributed by atoms with E-state index in [4.69, 9.17) is 4.74 Å². The number of ether oxygens (including phenoxy) is 1. The van der Waals surface area contributed by atoms with Crippen molar-refractivity contribution in [2.45, 2.75) is 30.8 Å². The van der Waals surface area contributed by atoms with E-state index in [0.29, 0.717) is 31.1 Å². The number of hydrogen-bond acceptors (Lipinski definition) is 7. The van der Waals surface area contributed by atoms with Crippen LogP contribution in [0.4, 0.5) is 11.6 Å². The molecule has 0 amide bonds. The quantitative estimate of drug-likeness (QED) is 0.768. The summed E-state index contributed by atoms with van der Waals surface area (Å²) in [6, 6.07) is 10.8. The van der Waals surface area contributed by atoms with Crippen molar-refractivity contribution in [1.29, 1.82) is 0 Å². The van der Waals surface area contributed by atoms with Gasteiger partial charge in [-0.2, -0.15) is 4.31 Å². The molecule has 0 radical (unpaired) electrons. The normalized spacial score (nSPS) is 20.7. The van der Waals surface area contributed by atoms with E-state index >= 15 is 0 Å². The molecule has 2 aliphatic rings. The number of benzene rings is 1. The van der Waals surface area contributed by atoms with E-state index in [1.165, 1.54) is 0 Å². The lowest BCUT2D eigenvalue weighted by molar-refractivity contribution is 0.120. The smallest absolute Gasteiger partial charge is 0.243 e. The van der Waals surface area contributed by atoms with E-state index < -0.39 is 10.0 Å². The Morgan fingerprint density at radius 2 is 1.83 bits per heavy atom. The van der Waals surface area contributed by atoms with Crippen LogP contribution in [0.1, 0.15) is 18.4 Å². The highest BCUT2D eigenvalue weighted by molar-refractivity contribution is 7.89. The standard InChI is InChI=1S/C20H27N5O3S/c1-16-4-6-18(7-5-16)29(26,27)25-12-10-24(11-13-25)20-9-8-19(22-23-20)21-15-17-3-2-14-28-17/h4-9,17H,2-3,10-15H2,1H3,(H,21,22). The van der Waals surface area contributed by atoms with Gasteiger partial charge in [-0.3, -0.25) is 0 Å². The van der Waals surface area contributed by atoms with E-state index in [1.54, 1.807) is 16.4 Å². The van der Waals surface area contributed by atoms with Gasteiger partial charge in [0.25, 0.3) is 0 Å². The minimum atomic E-state index is -3.46. The monoisotopic (exact) mass is 417 g/mol. The maximum atomic E-state index is 12.8. The Kier molecular flexibility index (Phi) is 5.98. The first-order valence-corrected chi connectivity index (χ1v) is 11.5. The number of aryl methyl sites for hydroxylation is 1. The summed E-state index contributed by atoms with van der Waals surface area (Å²) in [4.78, 5) is 2.41. The fourth-order valence-electron chi connectivity index (χ4n) is 3.63. The molecule has 156 valence electrons. The minimum Gasteiger partial charge on any atom is -0.376 e. The molecule has 2 aromatic rings. The van der Waals surface area contributed by atoms with Gasteiger partial charge in [-0.15, -0.1) is 10.2 Å².